The Labute approximate surface area is 139 Å². The van der Waals surface area contributed by atoms with Gasteiger partial charge in [-0.1, -0.05) is 13.8 Å². The van der Waals surface area contributed by atoms with Crippen molar-refractivity contribution in [1.82, 2.24) is 14.3 Å². The molecular formula is C16H28N4O2S. The van der Waals surface area contributed by atoms with E-state index in [0.717, 1.165) is 24.2 Å². The van der Waals surface area contributed by atoms with Gasteiger partial charge >= 0.3 is 0 Å². The maximum absolute atomic E-state index is 11.5. The third-order valence-corrected chi connectivity index (χ3v) is 5.57. The molecule has 0 aliphatic carbocycles. The molecule has 1 aromatic rings. The minimum Gasteiger partial charge on any atom is -0.354 e. The van der Waals surface area contributed by atoms with Gasteiger partial charge in [-0.2, -0.15) is 0 Å². The van der Waals surface area contributed by atoms with Gasteiger partial charge in [0, 0.05) is 31.0 Å². The highest BCUT2D eigenvalue weighted by atomic mass is 32.2. The van der Waals surface area contributed by atoms with Crippen LogP contribution in [0.5, 0.6) is 0 Å². The summed E-state index contributed by atoms with van der Waals surface area (Å²) < 4.78 is 24.6. The Hall–Kier alpha value is -1.21. The zero-order valence-corrected chi connectivity index (χ0v) is 15.6. The fourth-order valence-electron chi connectivity index (χ4n) is 3.02. The molecular weight excluding hydrogens is 312 g/mol. The Kier molecular flexibility index (Phi) is 5.62. The van der Waals surface area contributed by atoms with Crippen LogP contribution in [0.4, 0.5) is 5.95 Å². The van der Waals surface area contributed by atoms with Crippen LogP contribution in [0.25, 0.3) is 0 Å². The molecule has 1 saturated heterocycles. The van der Waals surface area contributed by atoms with Crippen LogP contribution < -0.4 is 5.32 Å². The van der Waals surface area contributed by atoms with Gasteiger partial charge < -0.3 is 5.32 Å². The van der Waals surface area contributed by atoms with E-state index in [9.17, 15) is 8.42 Å². The van der Waals surface area contributed by atoms with Crippen LogP contribution in [0.1, 0.15) is 37.2 Å². The molecule has 0 saturated carbocycles. The lowest BCUT2D eigenvalue weighted by molar-refractivity contribution is 0.466. The summed E-state index contributed by atoms with van der Waals surface area (Å²) in [7, 11) is -3.07. The highest BCUT2D eigenvalue weighted by molar-refractivity contribution is 7.88. The van der Waals surface area contributed by atoms with Crippen LogP contribution in [0, 0.1) is 25.7 Å². The summed E-state index contributed by atoms with van der Waals surface area (Å²) in [6.07, 6.45) is 3.14. The number of sulfonamides is 1. The molecule has 0 unspecified atom stereocenters. The van der Waals surface area contributed by atoms with Crippen molar-refractivity contribution in [2.45, 2.75) is 40.5 Å². The second-order valence-corrected chi connectivity index (χ2v) is 8.93. The third kappa shape index (κ3) is 4.88. The topological polar surface area (TPSA) is 75.2 Å². The molecule has 1 aliphatic heterocycles. The smallest absolute Gasteiger partial charge is 0.223 e. The van der Waals surface area contributed by atoms with Crippen LogP contribution >= 0.6 is 0 Å². The van der Waals surface area contributed by atoms with E-state index < -0.39 is 10.0 Å². The molecule has 130 valence electrons. The number of aromatic nitrogens is 2. The van der Waals surface area contributed by atoms with E-state index in [1.165, 1.54) is 11.8 Å². The molecule has 0 amide bonds. The largest absolute Gasteiger partial charge is 0.354 e. The number of hydrogen-bond acceptors (Lipinski definition) is 5. The maximum atomic E-state index is 11.5. The Morgan fingerprint density at radius 3 is 2.35 bits per heavy atom. The average molecular weight is 340 g/mol. The summed E-state index contributed by atoms with van der Waals surface area (Å²) >= 11 is 0. The summed E-state index contributed by atoms with van der Waals surface area (Å²) in [4.78, 5) is 9.12. The average Bonchev–Trinajstić information content (AvgIpc) is 2.89. The lowest BCUT2D eigenvalue weighted by Gasteiger charge is -2.16. The molecule has 0 radical (unpaired) electrons. The number of nitrogens with one attached hydrogen (secondary N) is 1. The van der Waals surface area contributed by atoms with Gasteiger partial charge in [-0.25, -0.2) is 22.7 Å². The van der Waals surface area contributed by atoms with Crippen LogP contribution in [0.3, 0.4) is 0 Å². The summed E-state index contributed by atoms with van der Waals surface area (Å²) in [6.45, 7) is 10.3. The van der Waals surface area contributed by atoms with Crippen molar-refractivity contribution in [3.05, 3.63) is 17.0 Å². The van der Waals surface area contributed by atoms with E-state index in [4.69, 9.17) is 0 Å². The highest BCUT2D eigenvalue weighted by Gasteiger charge is 2.28. The minimum atomic E-state index is -3.07. The predicted octanol–water partition coefficient (Wildman–Crippen LogP) is 1.99. The monoisotopic (exact) mass is 340 g/mol. The zero-order chi connectivity index (χ0) is 17.2. The zero-order valence-electron chi connectivity index (χ0n) is 14.8. The second kappa shape index (κ2) is 7.13. The molecule has 6 nitrogen and oxygen atoms in total. The molecule has 7 heteroatoms. The van der Waals surface area contributed by atoms with E-state index in [1.807, 2.05) is 13.8 Å². The quantitative estimate of drug-likeness (QED) is 0.857. The normalized spacial score (nSPS) is 19.5. The van der Waals surface area contributed by atoms with Crippen molar-refractivity contribution in [2.24, 2.45) is 11.8 Å². The molecule has 2 heterocycles. The first-order chi connectivity index (χ1) is 10.7. The number of nitrogens with zero attached hydrogens (tertiary/aromatic N) is 3. The van der Waals surface area contributed by atoms with Crippen molar-refractivity contribution in [1.29, 1.82) is 0 Å². The van der Waals surface area contributed by atoms with Crippen molar-refractivity contribution in [3.8, 4) is 0 Å². The minimum absolute atomic E-state index is 0.310. The lowest BCUT2D eigenvalue weighted by Crippen LogP contribution is -2.28. The fourth-order valence-corrected chi connectivity index (χ4v) is 3.94. The van der Waals surface area contributed by atoms with E-state index >= 15 is 0 Å². The number of anilines is 1. The SMILES string of the molecule is Cc1nc(NC[C@H]2CCN(S(C)(=O)=O)C2)nc(C)c1CC(C)C. The molecule has 0 aromatic carbocycles. The Bertz CT molecular complexity index is 635. The van der Waals surface area contributed by atoms with Gasteiger partial charge in [0.1, 0.15) is 0 Å². The van der Waals surface area contributed by atoms with Crippen molar-refractivity contribution < 1.29 is 8.42 Å². The van der Waals surface area contributed by atoms with E-state index in [-0.39, 0.29) is 0 Å². The van der Waals surface area contributed by atoms with E-state index in [0.29, 0.717) is 37.4 Å². The first-order valence-electron chi connectivity index (χ1n) is 8.20. The Balaban J connectivity index is 1.97. The fraction of sp³-hybridized carbons (Fsp3) is 0.750. The van der Waals surface area contributed by atoms with Gasteiger partial charge in [0.2, 0.25) is 16.0 Å². The summed E-state index contributed by atoms with van der Waals surface area (Å²) in [5.74, 6) is 1.53. The number of hydrogen-bond donors (Lipinski definition) is 1. The molecule has 2 rings (SSSR count). The standard InChI is InChI=1S/C16H28N4O2S/c1-11(2)8-15-12(3)18-16(19-13(15)4)17-9-14-6-7-20(10-14)23(5,21)22/h11,14H,6-10H2,1-5H3,(H,17,18,19)/t14-/m1/s1. The van der Waals surface area contributed by atoms with Crippen molar-refractivity contribution in [3.63, 3.8) is 0 Å². The molecule has 1 N–H and O–H groups in total. The Morgan fingerprint density at radius 1 is 1.26 bits per heavy atom. The predicted molar refractivity (Wildman–Crippen MR) is 93.1 cm³/mol. The van der Waals surface area contributed by atoms with Crippen molar-refractivity contribution >= 4 is 16.0 Å². The molecule has 0 bridgehead atoms. The summed E-state index contributed by atoms with van der Waals surface area (Å²) in [5.41, 5.74) is 3.28. The van der Waals surface area contributed by atoms with Crippen LogP contribution in [0.2, 0.25) is 0 Å². The van der Waals surface area contributed by atoms with Crippen LogP contribution in [-0.2, 0) is 16.4 Å². The van der Waals surface area contributed by atoms with Gasteiger partial charge in [0.25, 0.3) is 0 Å². The summed E-state index contributed by atoms with van der Waals surface area (Å²) in [5, 5.41) is 3.28. The number of rotatable bonds is 6. The second-order valence-electron chi connectivity index (χ2n) is 6.95. The van der Waals surface area contributed by atoms with Gasteiger partial charge in [-0.15, -0.1) is 0 Å². The van der Waals surface area contributed by atoms with Gasteiger partial charge in [-0.3, -0.25) is 0 Å². The van der Waals surface area contributed by atoms with Gasteiger partial charge in [0.15, 0.2) is 0 Å². The van der Waals surface area contributed by atoms with Gasteiger partial charge in [0.05, 0.1) is 6.26 Å². The molecule has 1 aromatic heterocycles. The maximum Gasteiger partial charge on any atom is 0.223 e. The first-order valence-corrected chi connectivity index (χ1v) is 10.0. The number of aryl methyl sites for hydroxylation is 2. The molecule has 1 aliphatic rings. The first kappa shape index (κ1) is 18.1. The molecule has 23 heavy (non-hydrogen) atoms. The third-order valence-electron chi connectivity index (χ3n) is 4.30. The van der Waals surface area contributed by atoms with Gasteiger partial charge in [-0.05, 0) is 44.1 Å². The highest BCUT2D eigenvalue weighted by Crippen LogP contribution is 2.20. The van der Waals surface area contributed by atoms with Crippen molar-refractivity contribution in [2.75, 3.05) is 31.2 Å². The molecule has 1 fully saturated rings. The molecule has 0 spiro atoms. The molecule has 1 atom stereocenters. The summed E-state index contributed by atoms with van der Waals surface area (Å²) in [6, 6.07) is 0. The van der Waals surface area contributed by atoms with Crippen LogP contribution in [0.15, 0.2) is 0 Å². The lowest BCUT2D eigenvalue weighted by atomic mass is 10.0. The van der Waals surface area contributed by atoms with E-state index in [1.54, 1.807) is 4.31 Å². The van der Waals surface area contributed by atoms with E-state index in [2.05, 4.69) is 29.1 Å². The Morgan fingerprint density at radius 2 is 1.87 bits per heavy atom. The van der Waals surface area contributed by atoms with Crippen LogP contribution in [-0.4, -0.2) is 48.6 Å².